The summed E-state index contributed by atoms with van der Waals surface area (Å²) in [7, 11) is 0. The zero-order chi connectivity index (χ0) is 31.3. The number of nitriles is 1. The predicted molar refractivity (Wildman–Crippen MR) is 161 cm³/mol. The number of urea groups is 1. The van der Waals surface area contributed by atoms with Crippen molar-refractivity contribution >= 4 is 18.1 Å². The van der Waals surface area contributed by atoms with E-state index < -0.39 is 17.7 Å². The van der Waals surface area contributed by atoms with Crippen molar-refractivity contribution in [3.8, 4) is 6.26 Å². The molecule has 1 heterocycles. The number of nitrogens with one attached hydrogen (secondary N) is 4. The first-order valence-corrected chi connectivity index (χ1v) is 15.0. The molecule has 1 aromatic heterocycles. The average molecular weight is 587 g/mol. The van der Waals surface area contributed by atoms with Crippen LogP contribution in [0.5, 0.6) is 0 Å². The van der Waals surface area contributed by atoms with Gasteiger partial charge in [-0.3, -0.25) is 10.1 Å². The first-order valence-electron chi connectivity index (χ1n) is 15.0. The Bertz CT molecular complexity index is 1240. The van der Waals surface area contributed by atoms with Crippen molar-refractivity contribution in [1.82, 2.24) is 20.6 Å². The maximum Gasteiger partial charge on any atom is 0.407 e. The van der Waals surface area contributed by atoms with Crippen molar-refractivity contribution in [1.29, 1.82) is 5.26 Å². The third kappa shape index (κ3) is 9.63. The molecule has 2 aliphatic rings. The van der Waals surface area contributed by atoms with Crippen LogP contribution in [0.15, 0.2) is 4.79 Å². The number of hydrogen-bond acceptors (Lipinski definition) is 7. The molecular formula is C31H50N6O5. The molecule has 2 aliphatic carbocycles. The number of carbonyl (C=O) groups is 2. The summed E-state index contributed by atoms with van der Waals surface area (Å²) in [4.78, 5) is 44.7. The van der Waals surface area contributed by atoms with Gasteiger partial charge in [-0.2, -0.15) is 10.2 Å². The third-order valence-electron chi connectivity index (χ3n) is 8.66. The lowest BCUT2D eigenvalue weighted by molar-refractivity contribution is -0.00938. The SMILES string of the molecule is Cc1[nH]c(NC(=O)NCC2(C)CC(OC#N)CC(C)(C)C2)nc(=O)c1CCOC(=O)NCC1(C)CC(C)CC(C)(C)C1. The van der Waals surface area contributed by atoms with E-state index in [1.54, 1.807) is 13.2 Å². The molecule has 0 aromatic carbocycles. The Morgan fingerprint density at radius 3 is 2.24 bits per heavy atom. The van der Waals surface area contributed by atoms with Gasteiger partial charge in [0, 0.05) is 30.8 Å². The average Bonchev–Trinajstić information content (AvgIpc) is 2.81. The van der Waals surface area contributed by atoms with Gasteiger partial charge < -0.3 is 25.1 Å². The fourth-order valence-corrected chi connectivity index (χ4v) is 8.11. The summed E-state index contributed by atoms with van der Waals surface area (Å²) < 4.78 is 10.6. The van der Waals surface area contributed by atoms with Crippen LogP contribution in [0.1, 0.15) is 98.2 Å². The van der Waals surface area contributed by atoms with E-state index in [1.165, 1.54) is 6.42 Å². The van der Waals surface area contributed by atoms with Gasteiger partial charge in [-0.1, -0.05) is 48.5 Å². The Hall–Kier alpha value is -3.29. The minimum absolute atomic E-state index is 0.0197. The Labute approximate surface area is 249 Å². The lowest BCUT2D eigenvalue weighted by atomic mass is 9.61. The zero-order valence-electron chi connectivity index (χ0n) is 26.7. The smallest absolute Gasteiger partial charge is 0.407 e. The highest BCUT2D eigenvalue weighted by Gasteiger charge is 2.43. The lowest BCUT2D eigenvalue weighted by Crippen LogP contribution is -2.46. The fraction of sp³-hybridized carbons (Fsp3) is 0.774. The van der Waals surface area contributed by atoms with E-state index in [0.29, 0.717) is 36.7 Å². The minimum atomic E-state index is -0.496. The van der Waals surface area contributed by atoms with Crippen molar-refractivity contribution < 1.29 is 19.1 Å². The van der Waals surface area contributed by atoms with Gasteiger partial charge in [-0.15, -0.1) is 0 Å². The molecule has 1 aromatic rings. The van der Waals surface area contributed by atoms with Gasteiger partial charge in [0.25, 0.3) is 11.8 Å². The van der Waals surface area contributed by atoms with Gasteiger partial charge in [-0.05, 0) is 73.0 Å². The van der Waals surface area contributed by atoms with Gasteiger partial charge in [0.15, 0.2) is 0 Å². The van der Waals surface area contributed by atoms with Gasteiger partial charge in [0.2, 0.25) is 5.95 Å². The Balaban J connectivity index is 1.47. The van der Waals surface area contributed by atoms with Crippen LogP contribution in [0, 0.1) is 46.0 Å². The number of H-pyrrole nitrogens is 1. The predicted octanol–water partition coefficient (Wildman–Crippen LogP) is 5.40. The van der Waals surface area contributed by atoms with Crippen LogP contribution in [0.4, 0.5) is 15.5 Å². The molecule has 11 nitrogen and oxygen atoms in total. The summed E-state index contributed by atoms with van der Waals surface area (Å²) in [6.07, 6.45) is 6.91. The second kappa shape index (κ2) is 12.9. The summed E-state index contributed by atoms with van der Waals surface area (Å²) in [6, 6.07) is -0.489. The maximum atomic E-state index is 12.7. The van der Waals surface area contributed by atoms with Crippen LogP contribution in [0.3, 0.4) is 0 Å². The Kier molecular flexibility index (Phi) is 10.2. The number of aryl methyl sites for hydroxylation is 1. The molecule has 0 radical (unpaired) electrons. The second-order valence-electron chi connectivity index (χ2n) is 15.1. The van der Waals surface area contributed by atoms with E-state index in [-0.39, 0.29) is 46.7 Å². The number of anilines is 1. The van der Waals surface area contributed by atoms with Crippen LogP contribution in [0.2, 0.25) is 0 Å². The highest BCUT2D eigenvalue weighted by Crippen LogP contribution is 2.48. The number of hydrogen-bond donors (Lipinski definition) is 4. The van der Waals surface area contributed by atoms with E-state index in [2.05, 4.69) is 74.4 Å². The molecule has 2 saturated carbocycles. The van der Waals surface area contributed by atoms with E-state index in [4.69, 9.17) is 14.7 Å². The molecule has 0 bridgehead atoms. The summed E-state index contributed by atoms with van der Waals surface area (Å²) in [5.41, 5.74) is 0.423. The molecular weight excluding hydrogens is 536 g/mol. The highest BCUT2D eigenvalue weighted by atomic mass is 16.5. The van der Waals surface area contributed by atoms with Gasteiger partial charge in [0.1, 0.15) is 6.10 Å². The summed E-state index contributed by atoms with van der Waals surface area (Å²) >= 11 is 0. The van der Waals surface area contributed by atoms with Crippen molar-refractivity contribution in [2.24, 2.45) is 27.6 Å². The summed E-state index contributed by atoms with van der Waals surface area (Å²) in [6.45, 7) is 18.1. The van der Waals surface area contributed by atoms with Gasteiger partial charge >= 0.3 is 12.1 Å². The van der Waals surface area contributed by atoms with Crippen molar-refractivity contribution in [3.05, 3.63) is 21.6 Å². The monoisotopic (exact) mass is 586 g/mol. The van der Waals surface area contributed by atoms with Crippen LogP contribution < -0.4 is 21.5 Å². The molecule has 2 fully saturated rings. The molecule has 4 unspecified atom stereocenters. The molecule has 4 atom stereocenters. The normalized spacial score (nSPS) is 28.2. The molecule has 234 valence electrons. The van der Waals surface area contributed by atoms with Crippen LogP contribution in [-0.2, 0) is 15.9 Å². The van der Waals surface area contributed by atoms with Crippen molar-refractivity contribution in [3.63, 3.8) is 0 Å². The molecule has 0 aliphatic heterocycles. The Morgan fingerprint density at radius 2 is 1.62 bits per heavy atom. The standard InChI is InChI=1S/C31H50N6O5/c1-20-11-28(3,4)15-30(7,12-20)18-34-27(40)41-10-9-23-21(2)35-25(36-24(23)38)37-26(39)33-17-31(8)14-22(42-19-32)13-29(5,6)16-31/h20,22H,9-18H2,1-8H3,(H,34,40)(H3,33,35,36,37,38,39). The second-order valence-corrected chi connectivity index (χ2v) is 15.1. The topological polar surface area (TPSA) is 158 Å². The quantitative estimate of drug-likeness (QED) is 0.282. The number of alkyl carbamates (subject to hydrolysis) is 1. The number of carbonyl (C=O) groups excluding carboxylic acids is 2. The van der Waals surface area contributed by atoms with Crippen LogP contribution in [-0.4, -0.2) is 47.9 Å². The first-order chi connectivity index (χ1) is 19.4. The minimum Gasteiger partial charge on any atom is -0.449 e. The number of nitrogens with zero attached hydrogens (tertiary/aromatic N) is 2. The van der Waals surface area contributed by atoms with Crippen molar-refractivity contribution in [2.45, 2.75) is 106 Å². The number of amides is 3. The van der Waals surface area contributed by atoms with E-state index in [0.717, 1.165) is 25.7 Å². The zero-order valence-corrected chi connectivity index (χ0v) is 26.7. The summed E-state index contributed by atoms with van der Waals surface area (Å²) in [5, 5.41) is 17.3. The molecule has 0 spiro atoms. The largest absolute Gasteiger partial charge is 0.449 e. The highest BCUT2D eigenvalue weighted by molar-refractivity contribution is 5.87. The van der Waals surface area contributed by atoms with Crippen LogP contribution >= 0.6 is 0 Å². The Morgan fingerprint density at radius 1 is 1.00 bits per heavy atom. The number of aromatic amines is 1. The molecule has 42 heavy (non-hydrogen) atoms. The first kappa shape index (κ1) is 33.2. The third-order valence-corrected chi connectivity index (χ3v) is 8.66. The van der Waals surface area contributed by atoms with E-state index in [9.17, 15) is 14.4 Å². The molecule has 3 amide bonds. The van der Waals surface area contributed by atoms with E-state index >= 15 is 0 Å². The van der Waals surface area contributed by atoms with E-state index in [1.807, 2.05) is 0 Å². The number of ether oxygens (including phenoxy) is 2. The van der Waals surface area contributed by atoms with Gasteiger partial charge in [-0.25, -0.2) is 9.59 Å². The lowest BCUT2D eigenvalue weighted by Gasteiger charge is -2.45. The molecule has 4 N–H and O–H groups in total. The molecule has 0 saturated heterocycles. The summed E-state index contributed by atoms with van der Waals surface area (Å²) in [5.74, 6) is 0.642. The van der Waals surface area contributed by atoms with Crippen molar-refractivity contribution in [2.75, 3.05) is 25.0 Å². The number of aromatic nitrogens is 2. The number of rotatable bonds is 9. The van der Waals surface area contributed by atoms with Crippen LogP contribution in [0.25, 0.3) is 0 Å². The molecule has 3 rings (SSSR count). The molecule has 11 heteroatoms. The maximum absolute atomic E-state index is 12.7. The van der Waals surface area contributed by atoms with Gasteiger partial charge in [0.05, 0.1) is 6.61 Å². The fourth-order valence-electron chi connectivity index (χ4n) is 8.11.